The van der Waals surface area contributed by atoms with Crippen molar-refractivity contribution in [2.45, 2.75) is 33.2 Å². The lowest BCUT2D eigenvalue weighted by Gasteiger charge is -2.07. The van der Waals surface area contributed by atoms with Crippen LogP contribution >= 0.6 is 22.9 Å². The largest absolute Gasteiger partial charge is 0.481 e. The van der Waals surface area contributed by atoms with Gasteiger partial charge in [-0.15, -0.1) is 11.3 Å². The second-order valence-electron chi connectivity index (χ2n) is 5.92. The molecule has 0 bridgehead atoms. The minimum atomic E-state index is -0.870. The van der Waals surface area contributed by atoms with Gasteiger partial charge in [0.2, 0.25) is 0 Å². The standard InChI is InChI=1S/C18H17ClN2O3S/c1-10-8-12(5-6-13(10)19)15-11(2)25-17-16(15)18(24)21(9-20-17)7-3-4-14(22)23/h5-6,8-9H,3-4,7H2,1-2H3,(H,22,23). The van der Waals surface area contributed by atoms with Gasteiger partial charge in [-0.25, -0.2) is 4.98 Å². The van der Waals surface area contributed by atoms with E-state index in [0.29, 0.717) is 28.2 Å². The molecule has 5 nitrogen and oxygen atoms in total. The van der Waals surface area contributed by atoms with Crippen LogP contribution in [0, 0.1) is 13.8 Å². The molecule has 0 aliphatic rings. The molecule has 0 unspecified atom stereocenters. The van der Waals surface area contributed by atoms with Crippen molar-refractivity contribution in [3.05, 3.63) is 50.3 Å². The molecule has 1 aromatic carbocycles. The van der Waals surface area contributed by atoms with E-state index in [-0.39, 0.29) is 12.0 Å². The fourth-order valence-corrected chi connectivity index (χ4v) is 3.97. The normalized spacial score (nSPS) is 11.2. The number of carbonyl (C=O) groups is 1. The molecule has 3 rings (SSSR count). The van der Waals surface area contributed by atoms with Crippen molar-refractivity contribution >= 4 is 39.1 Å². The number of aliphatic carboxylic acids is 1. The Balaban J connectivity index is 2.12. The maximum Gasteiger partial charge on any atom is 0.303 e. The summed E-state index contributed by atoms with van der Waals surface area (Å²) in [5.74, 6) is -0.870. The highest BCUT2D eigenvalue weighted by molar-refractivity contribution is 7.19. The molecule has 130 valence electrons. The SMILES string of the molecule is Cc1cc(-c2c(C)sc3ncn(CCCC(=O)O)c(=O)c23)ccc1Cl. The molecule has 1 N–H and O–H groups in total. The van der Waals surface area contributed by atoms with Crippen molar-refractivity contribution in [1.82, 2.24) is 9.55 Å². The van der Waals surface area contributed by atoms with Gasteiger partial charge in [0.25, 0.3) is 5.56 Å². The summed E-state index contributed by atoms with van der Waals surface area (Å²) in [6.45, 7) is 4.24. The summed E-state index contributed by atoms with van der Waals surface area (Å²) >= 11 is 7.60. The molecule has 7 heteroatoms. The van der Waals surface area contributed by atoms with Crippen molar-refractivity contribution in [1.29, 1.82) is 0 Å². The van der Waals surface area contributed by atoms with Crippen LogP contribution in [0.2, 0.25) is 5.02 Å². The number of thiophene rings is 1. The lowest BCUT2D eigenvalue weighted by molar-refractivity contribution is -0.137. The van der Waals surface area contributed by atoms with E-state index >= 15 is 0 Å². The number of carboxylic acids is 1. The van der Waals surface area contributed by atoms with Gasteiger partial charge in [0.15, 0.2) is 0 Å². The summed E-state index contributed by atoms with van der Waals surface area (Å²) in [6, 6.07) is 5.71. The lowest BCUT2D eigenvalue weighted by Crippen LogP contribution is -2.20. The number of hydrogen-bond donors (Lipinski definition) is 1. The molecule has 2 heterocycles. The van der Waals surface area contributed by atoms with Gasteiger partial charge in [-0.05, 0) is 43.5 Å². The molecule has 2 aromatic heterocycles. The number of nitrogens with zero attached hydrogens (tertiary/aromatic N) is 2. The number of aromatic nitrogens is 2. The van der Waals surface area contributed by atoms with Gasteiger partial charge < -0.3 is 5.11 Å². The van der Waals surface area contributed by atoms with Crippen molar-refractivity contribution < 1.29 is 9.90 Å². The van der Waals surface area contributed by atoms with Gasteiger partial charge in [-0.1, -0.05) is 17.7 Å². The first-order chi connectivity index (χ1) is 11.9. The highest BCUT2D eigenvalue weighted by Crippen LogP contribution is 2.36. The molecule has 0 radical (unpaired) electrons. The number of carboxylic acid groups (broad SMARTS) is 1. The van der Waals surface area contributed by atoms with Crippen LogP contribution in [-0.2, 0) is 11.3 Å². The third-order valence-electron chi connectivity index (χ3n) is 4.09. The van der Waals surface area contributed by atoms with E-state index in [2.05, 4.69) is 4.98 Å². The molecule has 0 saturated heterocycles. The zero-order valence-electron chi connectivity index (χ0n) is 13.9. The Bertz CT molecular complexity index is 1020. The van der Waals surface area contributed by atoms with Crippen molar-refractivity contribution in [2.75, 3.05) is 0 Å². The summed E-state index contributed by atoms with van der Waals surface area (Å²) in [6.07, 6.45) is 1.91. The van der Waals surface area contributed by atoms with Crippen LogP contribution in [0.5, 0.6) is 0 Å². The quantitative estimate of drug-likeness (QED) is 0.722. The molecule has 25 heavy (non-hydrogen) atoms. The monoisotopic (exact) mass is 376 g/mol. The average molecular weight is 377 g/mol. The fraction of sp³-hybridized carbons (Fsp3) is 0.278. The molecule has 0 aliphatic carbocycles. The van der Waals surface area contributed by atoms with Gasteiger partial charge in [0.05, 0.1) is 11.7 Å². The third-order valence-corrected chi connectivity index (χ3v) is 5.53. The molecular formula is C18H17ClN2O3S. The van der Waals surface area contributed by atoms with Crippen LogP contribution in [0.4, 0.5) is 0 Å². The first-order valence-electron chi connectivity index (χ1n) is 7.85. The zero-order chi connectivity index (χ0) is 18.1. The number of rotatable bonds is 5. The van der Waals surface area contributed by atoms with Gasteiger partial charge in [0.1, 0.15) is 4.83 Å². The highest BCUT2D eigenvalue weighted by Gasteiger charge is 2.17. The number of benzene rings is 1. The average Bonchev–Trinajstić information content (AvgIpc) is 2.89. The Hall–Kier alpha value is -2.18. The fourth-order valence-electron chi connectivity index (χ4n) is 2.85. The van der Waals surface area contributed by atoms with E-state index in [1.54, 1.807) is 0 Å². The van der Waals surface area contributed by atoms with Gasteiger partial charge in [-0.3, -0.25) is 14.2 Å². The smallest absolute Gasteiger partial charge is 0.303 e. The van der Waals surface area contributed by atoms with Gasteiger partial charge in [-0.2, -0.15) is 0 Å². The molecule has 0 aliphatic heterocycles. The first kappa shape index (κ1) is 17.6. The Morgan fingerprint density at radius 2 is 2.12 bits per heavy atom. The Kier molecular flexibility index (Phi) is 4.92. The summed E-state index contributed by atoms with van der Waals surface area (Å²) in [7, 11) is 0. The van der Waals surface area contributed by atoms with Crippen LogP contribution < -0.4 is 5.56 Å². The highest BCUT2D eigenvalue weighted by atomic mass is 35.5. The van der Waals surface area contributed by atoms with E-state index in [1.165, 1.54) is 22.2 Å². The van der Waals surface area contributed by atoms with Crippen LogP contribution in [0.15, 0.2) is 29.3 Å². The van der Waals surface area contributed by atoms with Crippen LogP contribution in [0.25, 0.3) is 21.3 Å². The summed E-state index contributed by atoms with van der Waals surface area (Å²) in [4.78, 5) is 29.7. The molecular weight excluding hydrogens is 360 g/mol. The third kappa shape index (κ3) is 3.45. The van der Waals surface area contributed by atoms with Crippen LogP contribution in [0.3, 0.4) is 0 Å². The number of fused-ring (bicyclic) bond motifs is 1. The topological polar surface area (TPSA) is 72.2 Å². The second-order valence-corrected chi connectivity index (χ2v) is 7.53. The van der Waals surface area contributed by atoms with E-state index in [0.717, 1.165) is 21.6 Å². The van der Waals surface area contributed by atoms with E-state index in [4.69, 9.17) is 16.7 Å². The minimum Gasteiger partial charge on any atom is -0.481 e. The van der Waals surface area contributed by atoms with Crippen molar-refractivity contribution in [3.8, 4) is 11.1 Å². The van der Waals surface area contributed by atoms with E-state index in [1.807, 2.05) is 32.0 Å². The molecule has 3 aromatic rings. The van der Waals surface area contributed by atoms with Crippen LogP contribution in [-0.4, -0.2) is 20.6 Å². The Morgan fingerprint density at radius 1 is 1.36 bits per heavy atom. The maximum atomic E-state index is 12.9. The number of halogens is 1. The van der Waals surface area contributed by atoms with E-state index in [9.17, 15) is 9.59 Å². The predicted molar refractivity (Wildman–Crippen MR) is 101 cm³/mol. The molecule has 0 saturated carbocycles. The zero-order valence-corrected chi connectivity index (χ0v) is 15.4. The summed E-state index contributed by atoms with van der Waals surface area (Å²) in [5.41, 5.74) is 2.63. The summed E-state index contributed by atoms with van der Waals surface area (Å²) in [5, 5.41) is 10.0. The lowest BCUT2D eigenvalue weighted by atomic mass is 10.0. The number of aryl methyl sites for hydroxylation is 3. The number of hydrogen-bond acceptors (Lipinski definition) is 4. The minimum absolute atomic E-state index is 0.0242. The molecule has 0 spiro atoms. The van der Waals surface area contributed by atoms with E-state index < -0.39 is 5.97 Å². The van der Waals surface area contributed by atoms with Gasteiger partial charge >= 0.3 is 5.97 Å². The molecule has 0 atom stereocenters. The predicted octanol–water partition coefficient (Wildman–Crippen LogP) is 4.26. The van der Waals surface area contributed by atoms with Crippen LogP contribution in [0.1, 0.15) is 23.3 Å². The first-order valence-corrected chi connectivity index (χ1v) is 9.04. The Morgan fingerprint density at radius 3 is 2.80 bits per heavy atom. The van der Waals surface area contributed by atoms with Crippen molar-refractivity contribution in [3.63, 3.8) is 0 Å². The Labute approximate surface area is 153 Å². The van der Waals surface area contributed by atoms with Gasteiger partial charge in [0, 0.05) is 28.4 Å². The van der Waals surface area contributed by atoms with Crippen molar-refractivity contribution in [2.24, 2.45) is 0 Å². The second kappa shape index (κ2) is 6.98. The molecule has 0 fully saturated rings. The molecule has 0 amide bonds. The summed E-state index contributed by atoms with van der Waals surface area (Å²) < 4.78 is 1.49. The maximum absolute atomic E-state index is 12.9.